The van der Waals surface area contributed by atoms with Crippen molar-refractivity contribution in [3.63, 3.8) is 0 Å². The molecular weight excluding hydrogens is 461 g/mol. The van der Waals surface area contributed by atoms with Crippen molar-refractivity contribution >= 4 is 32.0 Å². The average Bonchev–Trinajstić information content (AvgIpc) is 2.67. The van der Waals surface area contributed by atoms with Crippen molar-refractivity contribution in [2.75, 3.05) is 0 Å². The van der Waals surface area contributed by atoms with Crippen LogP contribution in [-0.2, 0) is 10.0 Å². The molecule has 1 aromatic rings. The molecule has 0 heterocycles. The van der Waals surface area contributed by atoms with Gasteiger partial charge in [0.15, 0.2) is 0 Å². The van der Waals surface area contributed by atoms with Crippen LogP contribution in [0.5, 0.6) is 0 Å². The Bertz CT molecular complexity index is 606. The fourth-order valence-corrected chi connectivity index (χ4v) is 21.0. The summed E-state index contributed by atoms with van der Waals surface area (Å²) < 4.78 is 33.7. The van der Waals surface area contributed by atoms with Crippen molar-refractivity contribution < 1.29 is 8.42 Å². The zero-order chi connectivity index (χ0) is 20.3. The third kappa shape index (κ3) is 7.69. The molecule has 0 fully saturated rings. The molecule has 0 aliphatic carbocycles. The van der Waals surface area contributed by atoms with E-state index in [1.54, 1.807) is 0 Å². The maximum absolute atomic E-state index is 12.6. The van der Waals surface area contributed by atoms with Crippen molar-refractivity contribution in [2.24, 2.45) is 0 Å². The first-order valence-corrected chi connectivity index (χ1v) is 19.9. The van der Waals surface area contributed by atoms with Crippen LogP contribution in [0.4, 0.5) is 0 Å². The Morgan fingerprint density at radius 3 is 1.67 bits per heavy atom. The summed E-state index contributed by atoms with van der Waals surface area (Å²) in [5, 5.41) is 0. The molecule has 0 bridgehead atoms. The van der Waals surface area contributed by atoms with Gasteiger partial charge in [0.2, 0.25) is 0 Å². The molecule has 1 aromatic carbocycles. The topological polar surface area (TPSA) is 46.2 Å². The predicted molar refractivity (Wildman–Crippen MR) is 121 cm³/mol. The second-order valence-electron chi connectivity index (χ2n) is 8.05. The number of hydrogen-bond donors (Lipinski definition) is 1. The molecule has 1 unspecified atom stereocenters. The summed E-state index contributed by atoms with van der Waals surface area (Å²) >= 11 is -2.47. The van der Waals surface area contributed by atoms with Crippen LogP contribution in [0.2, 0.25) is 13.3 Å². The molecule has 156 valence electrons. The van der Waals surface area contributed by atoms with E-state index < -0.39 is 28.4 Å². The van der Waals surface area contributed by atoms with Crippen LogP contribution in [0.1, 0.15) is 79.6 Å². The van der Waals surface area contributed by atoms with E-state index in [0.29, 0.717) is 4.90 Å². The Hall–Kier alpha value is -0.0713. The van der Waals surface area contributed by atoms with Crippen LogP contribution in [0.3, 0.4) is 0 Å². The Morgan fingerprint density at radius 1 is 0.852 bits per heavy atom. The molecule has 27 heavy (non-hydrogen) atoms. The van der Waals surface area contributed by atoms with Crippen molar-refractivity contribution in [3.05, 3.63) is 24.3 Å². The standard InChI is InChI=1S/C10H14NO2S.3C4H9.Sn/c1-3-9(2)11-14(12,13)10-7-5-4-6-8-10;3*1-3-4-2;/h5-9,11H,3H2,1-2H3;3*1,3-4H2,2H3;. The number of sulfonamides is 1. The predicted octanol–water partition coefficient (Wildman–Crippen LogP) is 5.82. The molecule has 0 aromatic heterocycles. The summed E-state index contributed by atoms with van der Waals surface area (Å²) in [5.41, 5.74) is 0. The fraction of sp³-hybridized carbons (Fsp3) is 0.727. The number of hydrogen-bond acceptors (Lipinski definition) is 2. The third-order valence-electron chi connectivity index (χ3n) is 5.77. The molecular formula is C22H41NO2SSn. The summed E-state index contributed by atoms with van der Waals surface area (Å²) in [7, 11) is -3.41. The Labute approximate surface area is 172 Å². The van der Waals surface area contributed by atoms with Crippen LogP contribution in [0, 0.1) is 0 Å². The molecule has 3 nitrogen and oxygen atoms in total. The molecule has 0 amide bonds. The minimum atomic E-state index is -3.41. The van der Waals surface area contributed by atoms with Crippen molar-refractivity contribution in [2.45, 2.75) is 104 Å². The summed E-state index contributed by atoms with van der Waals surface area (Å²) in [6, 6.07) is 8.02. The van der Waals surface area contributed by atoms with Gasteiger partial charge in [0.25, 0.3) is 0 Å². The molecule has 0 spiro atoms. The molecule has 1 atom stereocenters. The number of rotatable bonds is 14. The van der Waals surface area contributed by atoms with Gasteiger partial charge >= 0.3 is 173 Å². The molecule has 0 aliphatic rings. The number of nitrogens with one attached hydrogen (secondary N) is 1. The van der Waals surface area contributed by atoms with Crippen molar-refractivity contribution in [3.8, 4) is 0 Å². The van der Waals surface area contributed by atoms with Gasteiger partial charge in [0.1, 0.15) is 0 Å². The SMILES string of the molecule is CCC[CH2][Sn]([CH2]CCC)([CH2]CCC)[c]1ccc(S(=O)(=O)NC(C)CC)cc1. The maximum atomic E-state index is 12.6. The van der Waals surface area contributed by atoms with Crippen LogP contribution in [-0.4, -0.2) is 32.8 Å². The van der Waals surface area contributed by atoms with Crippen LogP contribution < -0.4 is 8.30 Å². The number of benzene rings is 1. The molecule has 5 heteroatoms. The van der Waals surface area contributed by atoms with Gasteiger partial charge in [-0.2, -0.15) is 0 Å². The van der Waals surface area contributed by atoms with E-state index in [9.17, 15) is 8.42 Å². The summed E-state index contributed by atoms with van der Waals surface area (Å²) in [5.74, 6) is 0. The molecule has 0 radical (unpaired) electrons. The summed E-state index contributed by atoms with van der Waals surface area (Å²) in [6.45, 7) is 10.8. The van der Waals surface area contributed by atoms with Crippen molar-refractivity contribution in [1.82, 2.24) is 4.72 Å². The van der Waals surface area contributed by atoms with Gasteiger partial charge in [-0.1, -0.05) is 0 Å². The van der Waals surface area contributed by atoms with Gasteiger partial charge in [-0.15, -0.1) is 0 Å². The van der Waals surface area contributed by atoms with E-state index >= 15 is 0 Å². The average molecular weight is 502 g/mol. The second-order valence-corrected chi connectivity index (χ2v) is 23.0. The van der Waals surface area contributed by atoms with Gasteiger partial charge in [-0.25, -0.2) is 0 Å². The van der Waals surface area contributed by atoms with Gasteiger partial charge in [-0.05, 0) is 0 Å². The van der Waals surface area contributed by atoms with E-state index in [4.69, 9.17) is 0 Å². The minimum absolute atomic E-state index is 0.0356. The van der Waals surface area contributed by atoms with Gasteiger partial charge in [-0.3, -0.25) is 0 Å². The molecule has 0 saturated heterocycles. The molecule has 0 aliphatic heterocycles. The first kappa shape index (κ1) is 25.0. The Kier molecular flexibility index (Phi) is 11.5. The Morgan fingerprint density at radius 2 is 1.30 bits per heavy atom. The summed E-state index contributed by atoms with van der Waals surface area (Å²) in [4.78, 5) is 0.410. The molecule has 1 rings (SSSR count). The normalized spacial score (nSPS) is 13.7. The first-order valence-electron chi connectivity index (χ1n) is 11.0. The Balaban J connectivity index is 3.17. The second kappa shape index (κ2) is 12.5. The van der Waals surface area contributed by atoms with Gasteiger partial charge < -0.3 is 0 Å². The van der Waals surface area contributed by atoms with Gasteiger partial charge in [0, 0.05) is 0 Å². The van der Waals surface area contributed by atoms with E-state index in [2.05, 4.69) is 37.6 Å². The van der Waals surface area contributed by atoms with E-state index in [1.165, 1.54) is 55.4 Å². The quantitative estimate of drug-likeness (QED) is 0.326. The van der Waals surface area contributed by atoms with Gasteiger partial charge in [0.05, 0.1) is 0 Å². The van der Waals surface area contributed by atoms with Crippen molar-refractivity contribution in [1.29, 1.82) is 0 Å². The van der Waals surface area contributed by atoms with Crippen LogP contribution in [0.15, 0.2) is 29.2 Å². The molecule has 1 N–H and O–H groups in total. The first-order chi connectivity index (χ1) is 12.8. The van der Waals surface area contributed by atoms with E-state index in [1.807, 2.05) is 26.0 Å². The monoisotopic (exact) mass is 503 g/mol. The fourth-order valence-electron chi connectivity index (χ4n) is 3.76. The summed E-state index contributed by atoms with van der Waals surface area (Å²) in [6.07, 6.45) is 8.51. The van der Waals surface area contributed by atoms with Crippen LogP contribution in [0.25, 0.3) is 0 Å². The van der Waals surface area contributed by atoms with Crippen LogP contribution >= 0.6 is 0 Å². The zero-order valence-corrected chi connectivity index (χ0v) is 21.9. The third-order valence-corrected chi connectivity index (χ3v) is 23.0. The van der Waals surface area contributed by atoms with E-state index in [0.717, 1.165) is 6.42 Å². The number of unbranched alkanes of at least 4 members (excludes halogenated alkanes) is 3. The zero-order valence-electron chi connectivity index (χ0n) is 18.2. The molecule has 0 saturated carbocycles. The van der Waals surface area contributed by atoms with E-state index in [-0.39, 0.29) is 6.04 Å².